The second kappa shape index (κ2) is 11.3. The number of anilines is 1. The summed E-state index contributed by atoms with van der Waals surface area (Å²) in [4.78, 5) is 8.58. The molecule has 4 rings (SSSR count). The number of para-hydroxylation sites is 1. The van der Waals surface area contributed by atoms with Crippen LogP contribution >= 0.6 is 11.6 Å². The number of nitrogens with two attached hydrogens (primary N) is 3. The van der Waals surface area contributed by atoms with Crippen LogP contribution in [0.1, 0.15) is 32.2 Å². The number of rotatable bonds is 6. The minimum Gasteiger partial charge on any atom is -0.494 e. The highest BCUT2D eigenvalue weighted by atomic mass is 35.5. The van der Waals surface area contributed by atoms with Gasteiger partial charge < -0.3 is 36.7 Å². The smallest absolute Gasteiger partial charge is 0.204 e. The number of aromatic nitrogens is 2. The Kier molecular flexibility index (Phi) is 8.43. The van der Waals surface area contributed by atoms with Crippen LogP contribution in [0.5, 0.6) is 5.75 Å². The summed E-state index contributed by atoms with van der Waals surface area (Å²) in [7, 11) is 1.63. The number of amides is 1. The van der Waals surface area contributed by atoms with Gasteiger partial charge in [0.05, 0.1) is 37.9 Å². The van der Waals surface area contributed by atoms with Crippen LogP contribution in [0, 0.1) is 0 Å². The van der Waals surface area contributed by atoms with E-state index in [1.54, 1.807) is 20.1 Å². The van der Waals surface area contributed by atoms with E-state index in [0.29, 0.717) is 30.4 Å². The predicted octanol–water partition coefficient (Wildman–Crippen LogP) is 2.77. The lowest BCUT2D eigenvalue weighted by molar-refractivity contribution is -0.177. The molecule has 1 saturated carbocycles. The molecule has 184 valence electrons. The molecule has 0 bridgehead atoms. The fraction of sp³-hybridized carbons (Fsp3) is 0.391. The Morgan fingerprint density at radius 2 is 2.06 bits per heavy atom. The van der Waals surface area contributed by atoms with Gasteiger partial charge in [0.25, 0.3) is 0 Å². The lowest BCUT2D eigenvalue weighted by Gasteiger charge is -2.29. The van der Waals surface area contributed by atoms with Crippen molar-refractivity contribution in [2.75, 3.05) is 25.6 Å². The van der Waals surface area contributed by atoms with Gasteiger partial charge in [0, 0.05) is 29.4 Å². The van der Waals surface area contributed by atoms with Crippen molar-refractivity contribution in [3.05, 3.63) is 53.2 Å². The van der Waals surface area contributed by atoms with Crippen LogP contribution in [0.4, 0.5) is 5.69 Å². The molecule has 1 unspecified atom stereocenters. The Morgan fingerprint density at radius 1 is 1.35 bits per heavy atom. The maximum Gasteiger partial charge on any atom is 0.204 e. The molecule has 1 aliphatic carbocycles. The van der Waals surface area contributed by atoms with Crippen LogP contribution in [-0.4, -0.2) is 42.3 Å². The van der Waals surface area contributed by atoms with Crippen LogP contribution in [0.15, 0.2) is 53.2 Å². The Morgan fingerprint density at radius 3 is 2.68 bits per heavy atom. The Balaban J connectivity index is 0.00000103. The van der Waals surface area contributed by atoms with Gasteiger partial charge in [-0.3, -0.25) is 9.48 Å². The quantitative estimate of drug-likeness (QED) is 0.274. The molecule has 1 atom stereocenters. The van der Waals surface area contributed by atoms with Gasteiger partial charge in [-0.1, -0.05) is 23.7 Å². The summed E-state index contributed by atoms with van der Waals surface area (Å²) in [5.74, 6) is 0.111. The first-order valence-corrected chi connectivity index (χ1v) is 11.2. The van der Waals surface area contributed by atoms with E-state index in [2.05, 4.69) is 16.1 Å². The van der Waals surface area contributed by atoms with Gasteiger partial charge in [0.2, 0.25) is 6.41 Å². The molecule has 0 radical (unpaired) electrons. The average molecular weight is 491 g/mol. The molecule has 1 aliphatic heterocycles. The van der Waals surface area contributed by atoms with Gasteiger partial charge in [-0.15, -0.1) is 0 Å². The first-order chi connectivity index (χ1) is 16.3. The summed E-state index contributed by atoms with van der Waals surface area (Å²) in [6.07, 6.45) is 8.59. The highest BCUT2D eigenvalue weighted by Gasteiger charge is 2.49. The van der Waals surface area contributed by atoms with Crippen LogP contribution in [0.2, 0.25) is 0 Å². The monoisotopic (exact) mass is 490 g/mol. The van der Waals surface area contributed by atoms with Gasteiger partial charge in [-0.2, -0.15) is 5.10 Å². The molecule has 2 aliphatic rings. The van der Waals surface area contributed by atoms with Crippen LogP contribution in [0.25, 0.3) is 11.1 Å². The number of carbonyl (C=O) groups excluding carboxylic acids is 1. The molecule has 2 heterocycles. The van der Waals surface area contributed by atoms with Crippen molar-refractivity contribution in [1.29, 1.82) is 0 Å². The molecule has 1 saturated heterocycles. The van der Waals surface area contributed by atoms with Crippen molar-refractivity contribution < 1.29 is 19.0 Å². The van der Waals surface area contributed by atoms with E-state index in [1.165, 1.54) is 0 Å². The van der Waals surface area contributed by atoms with Gasteiger partial charge in [-0.05, 0) is 31.9 Å². The van der Waals surface area contributed by atoms with Gasteiger partial charge in [0.1, 0.15) is 16.9 Å². The zero-order valence-electron chi connectivity index (χ0n) is 19.3. The standard InChI is InChI=1S/C22H28ClN5O3.CH3NO/c1-14(24)18(11-20(23)25)27-17-6-3-5-16(21(17)29-2)15-12-26-28(13-15)19-7-4-8-22(19)30-9-10-31-22;2-1-3/h3,5-6,11-13,19,27H,4,7-10,24-25H2,1-2H3;1H,(H2,2,3)/b18-14+,20-11-;. The largest absolute Gasteiger partial charge is 0.494 e. The second-order valence-corrected chi connectivity index (χ2v) is 8.34. The normalized spacial score (nSPS) is 19.9. The first-order valence-electron chi connectivity index (χ1n) is 10.9. The molecule has 1 amide bonds. The second-order valence-electron chi connectivity index (χ2n) is 7.90. The highest BCUT2D eigenvalue weighted by Crippen LogP contribution is 2.46. The summed E-state index contributed by atoms with van der Waals surface area (Å²) in [5.41, 5.74) is 19.5. The molecule has 1 aromatic carbocycles. The lowest BCUT2D eigenvalue weighted by atomic mass is 10.1. The number of primary amides is 1. The van der Waals surface area contributed by atoms with Crippen LogP contribution in [0.3, 0.4) is 0 Å². The van der Waals surface area contributed by atoms with Crippen LogP contribution in [-0.2, 0) is 14.3 Å². The van der Waals surface area contributed by atoms with E-state index < -0.39 is 5.79 Å². The number of halogens is 1. The molecular formula is C23H31ClN6O4. The van der Waals surface area contributed by atoms with Crippen molar-refractivity contribution in [2.24, 2.45) is 17.2 Å². The third kappa shape index (κ3) is 5.46. The number of hydrogen-bond donors (Lipinski definition) is 4. The number of carbonyl (C=O) groups is 1. The summed E-state index contributed by atoms with van der Waals surface area (Å²) < 4.78 is 19.7. The molecule has 11 heteroatoms. The first kappa shape index (κ1) is 25.4. The number of nitrogens with one attached hydrogen (secondary N) is 1. The number of methoxy groups -OCH3 is 1. The van der Waals surface area contributed by atoms with E-state index >= 15 is 0 Å². The van der Waals surface area contributed by atoms with Gasteiger partial charge in [0.15, 0.2) is 5.79 Å². The molecule has 10 nitrogen and oxygen atoms in total. The van der Waals surface area contributed by atoms with Crippen molar-refractivity contribution in [3.8, 4) is 16.9 Å². The fourth-order valence-corrected chi connectivity index (χ4v) is 4.44. The van der Waals surface area contributed by atoms with E-state index in [1.807, 2.05) is 35.3 Å². The minimum atomic E-state index is -0.553. The maximum atomic E-state index is 8.58. The molecule has 7 N–H and O–H groups in total. The Bertz CT molecular complexity index is 1050. The molecule has 1 aromatic heterocycles. The summed E-state index contributed by atoms with van der Waals surface area (Å²) in [6.45, 7) is 3.03. The molecule has 34 heavy (non-hydrogen) atoms. The Hall–Kier alpha value is -3.21. The number of ether oxygens (including phenoxy) is 3. The average Bonchev–Trinajstić information content (AvgIpc) is 3.55. The molecule has 1 spiro atoms. The van der Waals surface area contributed by atoms with Crippen molar-refractivity contribution in [2.45, 2.75) is 38.0 Å². The van der Waals surface area contributed by atoms with Gasteiger partial charge in [-0.25, -0.2) is 0 Å². The fourth-order valence-electron chi connectivity index (χ4n) is 4.33. The van der Waals surface area contributed by atoms with E-state index in [9.17, 15) is 0 Å². The third-order valence-corrected chi connectivity index (χ3v) is 5.82. The summed E-state index contributed by atoms with van der Waals surface area (Å²) in [5, 5.41) is 8.03. The highest BCUT2D eigenvalue weighted by molar-refractivity contribution is 6.29. The van der Waals surface area contributed by atoms with E-state index in [0.717, 1.165) is 36.1 Å². The summed E-state index contributed by atoms with van der Waals surface area (Å²) >= 11 is 5.85. The maximum absolute atomic E-state index is 8.58. The molecule has 2 aromatic rings. The molecule has 2 fully saturated rings. The number of hydrogen-bond acceptors (Lipinski definition) is 8. The number of nitrogens with zero attached hydrogens (tertiary/aromatic N) is 2. The Labute approximate surface area is 203 Å². The zero-order chi connectivity index (χ0) is 24.7. The zero-order valence-corrected chi connectivity index (χ0v) is 20.0. The number of allylic oxidation sites excluding steroid dienone is 2. The third-order valence-electron chi connectivity index (χ3n) is 5.71. The van der Waals surface area contributed by atoms with Gasteiger partial charge >= 0.3 is 0 Å². The van der Waals surface area contributed by atoms with E-state index in [4.69, 9.17) is 42.1 Å². The van der Waals surface area contributed by atoms with Crippen LogP contribution < -0.4 is 27.3 Å². The van der Waals surface area contributed by atoms with Crippen molar-refractivity contribution in [3.63, 3.8) is 0 Å². The van der Waals surface area contributed by atoms with Crippen molar-refractivity contribution in [1.82, 2.24) is 9.78 Å². The minimum absolute atomic E-state index is 0.0577. The molecular weight excluding hydrogens is 460 g/mol. The topological polar surface area (TPSA) is 153 Å². The number of benzene rings is 1. The predicted molar refractivity (Wildman–Crippen MR) is 131 cm³/mol. The van der Waals surface area contributed by atoms with E-state index in [-0.39, 0.29) is 17.6 Å². The SMILES string of the molecule is COc1c(NC(/C=C(\N)Cl)=C(\C)N)cccc1-c1cnn(C2CCCC23OCCO3)c1.NC=O. The summed E-state index contributed by atoms with van der Waals surface area (Å²) in [6, 6.07) is 5.89. The van der Waals surface area contributed by atoms with Crippen molar-refractivity contribution >= 4 is 23.7 Å². The lowest BCUT2D eigenvalue weighted by Crippen LogP contribution is -2.36.